The molecular weight excluding hydrogens is 290 g/mol. The molecule has 0 fully saturated rings. The summed E-state index contributed by atoms with van der Waals surface area (Å²) in [6.45, 7) is 6.00. The monoisotopic (exact) mass is 327 g/mol. The van der Waals surface area contributed by atoms with Crippen LogP contribution in [0.5, 0.6) is 0 Å². The number of ether oxygens (including phenoxy) is 2. The number of carbonyl (C=O) groups excluding carboxylic acids is 1. The van der Waals surface area contributed by atoms with Crippen molar-refractivity contribution in [3.63, 3.8) is 0 Å². The summed E-state index contributed by atoms with van der Waals surface area (Å²) in [4.78, 5) is 11.9. The topological polar surface area (TPSA) is 61.5 Å². The zero-order chi connectivity index (χ0) is 17.2. The van der Waals surface area contributed by atoms with Gasteiger partial charge in [0.1, 0.15) is 0 Å². The zero-order valence-electron chi connectivity index (χ0n) is 15.2. The summed E-state index contributed by atoms with van der Waals surface area (Å²) in [5.74, 6) is -0.208. The lowest BCUT2D eigenvalue weighted by Gasteiger charge is -2.15. The quantitative estimate of drug-likeness (QED) is 0.260. The predicted octanol–water partition coefficient (Wildman–Crippen LogP) is 4.37. The maximum Gasteiger partial charge on any atom is 0.335 e. The van der Waals surface area contributed by atoms with Crippen molar-refractivity contribution in [2.24, 2.45) is 5.73 Å². The maximum absolute atomic E-state index is 11.9. The first-order valence-corrected chi connectivity index (χ1v) is 9.39. The highest BCUT2D eigenvalue weighted by molar-refractivity contribution is 5.74. The van der Waals surface area contributed by atoms with Crippen LogP contribution in [-0.4, -0.2) is 31.8 Å². The van der Waals surface area contributed by atoms with Gasteiger partial charge >= 0.3 is 5.97 Å². The van der Waals surface area contributed by atoms with Gasteiger partial charge in [0.05, 0.1) is 6.61 Å². The van der Waals surface area contributed by atoms with Gasteiger partial charge < -0.3 is 15.2 Å². The van der Waals surface area contributed by atoms with Gasteiger partial charge in [0.2, 0.25) is 0 Å². The van der Waals surface area contributed by atoms with Gasteiger partial charge in [-0.15, -0.1) is 0 Å². The Morgan fingerprint density at radius 2 is 1.65 bits per heavy atom. The first-order valence-electron chi connectivity index (χ1n) is 9.39. The van der Waals surface area contributed by atoms with E-state index in [0.29, 0.717) is 19.6 Å². The summed E-state index contributed by atoms with van der Waals surface area (Å²) >= 11 is 0. The van der Waals surface area contributed by atoms with E-state index in [0.717, 1.165) is 57.9 Å². The van der Waals surface area contributed by atoms with E-state index in [4.69, 9.17) is 15.2 Å². The fraction of sp³-hybridized carbons (Fsp3) is 0.842. The van der Waals surface area contributed by atoms with Gasteiger partial charge in [-0.05, 0) is 51.5 Å². The second-order valence-electron chi connectivity index (χ2n) is 5.87. The number of nitrogens with two attached hydrogens (primary N) is 1. The number of allylic oxidation sites excluding steroid dienone is 2. The van der Waals surface area contributed by atoms with Crippen molar-refractivity contribution in [3.05, 3.63) is 12.2 Å². The molecular formula is C19H37NO3. The van der Waals surface area contributed by atoms with Gasteiger partial charge in [0, 0.05) is 6.61 Å². The molecule has 4 heteroatoms. The summed E-state index contributed by atoms with van der Waals surface area (Å²) in [6, 6.07) is 0. The summed E-state index contributed by atoms with van der Waals surface area (Å²) in [5, 5.41) is 0. The van der Waals surface area contributed by atoms with Crippen molar-refractivity contribution < 1.29 is 14.3 Å². The van der Waals surface area contributed by atoms with E-state index in [-0.39, 0.29) is 5.97 Å². The molecule has 4 nitrogen and oxygen atoms in total. The molecule has 136 valence electrons. The highest BCUT2D eigenvalue weighted by Crippen LogP contribution is 2.07. The second-order valence-corrected chi connectivity index (χ2v) is 5.87. The van der Waals surface area contributed by atoms with E-state index in [1.807, 2.05) is 6.92 Å². The minimum Gasteiger partial charge on any atom is -0.464 e. The SMILES string of the molecule is CC/C=C\CCCCOC(CC)C(=O)OCCCCCCCN. The van der Waals surface area contributed by atoms with Crippen LogP contribution >= 0.6 is 0 Å². The predicted molar refractivity (Wildman–Crippen MR) is 96.4 cm³/mol. The summed E-state index contributed by atoms with van der Waals surface area (Å²) in [7, 11) is 0. The fourth-order valence-corrected chi connectivity index (χ4v) is 2.27. The average Bonchev–Trinajstić information content (AvgIpc) is 2.56. The number of esters is 1. The van der Waals surface area contributed by atoms with Crippen LogP contribution < -0.4 is 5.73 Å². The third-order valence-corrected chi connectivity index (χ3v) is 3.71. The molecule has 0 aliphatic rings. The average molecular weight is 328 g/mol. The molecule has 23 heavy (non-hydrogen) atoms. The van der Waals surface area contributed by atoms with Crippen molar-refractivity contribution in [1.82, 2.24) is 0 Å². The van der Waals surface area contributed by atoms with Gasteiger partial charge in [-0.3, -0.25) is 0 Å². The number of rotatable bonds is 16. The van der Waals surface area contributed by atoms with E-state index in [9.17, 15) is 4.79 Å². The Labute approximate surface area is 142 Å². The minimum absolute atomic E-state index is 0.208. The van der Waals surface area contributed by atoms with Crippen LogP contribution in [0.3, 0.4) is 0 Å². The molecule has 0 aliphatic heterocycles. The van der Waals surface area contributed by atoms with Gasteiger partial charge in [0.25, 0.3) is 0 Å². The van der Waals surface area contributed by atoms with Crippen molar-refractivity contribution in [2.45, 2.75) is 84.2 Å². The molecule has 0 bridgehead atoms. The molecule has 0 radical (unpaired) electrons. The molecule has 0 heterocycles. The second kappa shape index (κ2) is 17.5. The molecule has 0 saturated heterocycles. The Morgan fingerprint density at radius 3 is 2.35 bits per heavy atom. The molecule has 0 aromatic rings. The van der Waals surface area contributed by atoms with Crippen LogP contribution in [0.15, 0.2) is 12.2 Å². The van der Waals surface area contributed by atoms with Gasteiger partial charge in [0.15, 0.2) is 6.10 Å². The molecule has 0 aromatic carbocycles. The highest BCUT2D eigenvalue weighted by atomic mass is 16.6. The van der Waals surface area contributed by atoms with Gasteiger partial charge in [-0.2, -0.15) is 0 Å². The molecule has 0 aromatic heterocycles. The summed E-state index contributed by atoms with van der Waals surface area (Å²) in [6.07, 6.45) is 14.4. The molecule has 1 unspecified atom stereocenters. The third kappa shape index (κ3) is 14.5. The first-order chi connectivity index (χ1) is 11.3. The van der Waals surface area contributed by atoms with Crippen molar-refractivity contribution in [1.29, 1.82) is 0 Å². The van der Waals surface area contributed by atoms with Crippen LogP contribution in [0.4, 0.5) is 0 Å². The van der Waals surface area contributed by atoms with Gasteiger partial charge in [-0.1, -0.05) is 45.3 Å². The number of hydrogen-bond donors (Lipinski definition) is 1. The lowest BCUT2D eigenvalue weighted by Crippen LogP contribution is -2.26. The van der Waals surface area contributed by atoms with Crippen LogP contribution in [0.25, 0.3) is 0 Å². The van der Waals surface area contributed by atoms with Gasteiger partial charge in [-0.25, -0.2) is 4.79 Å². The maximum atomic E-state index is 11.9. The lowest BCUT2D eigenvalue weighted by atomic mass is 10.1. The van der Waals surface area contributed by atoms with Crippen molar-refractivity contribution in [3.8, 4) is 0 Å². The Morgan fingerprint density at radius 1 is 0.957 bits per heavy atom. The molecule has 0 amide bonds. The van der Waals surface area contributed by atoms with Crippen molar-refractivity contribution in [2.75, 3.05) is 19.8 Å². The summed E-state index contributed by atoms with van der Waals surface area (Å²) in [5.41, 5.74) is 5.45. The Hall–Kier alpha value is -0.870. The van der Waals surface area contributed by atoms with E-state index in [1.165, 1.54) is 6.42 Å². The zero-order valence-corrected chi connectivity index (χ0v) is 15.2. The Kier molecular flexibility index (Phi) is 16.8. The molecule has 0 aliphatic carbocycles. The molecule has 0 saturated carbocycles. The highest BCUT2D eigenvalue weighted by Gasteiger charge is 2.18. The lowest BCUT2D eigenvalue weighted by molar-refractivity contribution is -0.157. The molecule has 0 rings (SSSR count). The standard InChI is InChI=1S/C19H37NO3/c1-3-5-6-7-10-13-16-22-18(4-2)19(21)23-17-14-11-8-9-12-15-20/h5-6,18H,3-4,7-17,20H2,1-2H3/b6-5-. The number of hydrogen-bond acceptors (Lipinski definition) is 4. The van der Waals surface area contributed by atoms with Crippen LogP contribution in [0.1, 0.15) is 78.1 Å². The first kappa shape index (κ1) is 22.1. The largest absolute Gasteiger partial charge is 0.464 e. The fourth-order valence-electron chi connectivity index (χ4n) is 2.27. The normalized spacial score (nSPS) is 12.7. The van der Waals surface area contributed by atoms with Crippen LogP contribution in [-0.2, 0) is 14.3 Å². The smallest absolute Gasteiger partial charge is 0.335 e. The number of carbonyl (C=O) groups is 1. The molecule has 1 atom stereocenters. The Balaban J connectivity index is 3.59. The van der Waals surface area contributed by atoms with Crippen LogP contribution in [0.2, 0.25) is 0 Å². The van der Waals surface area contributed by atoms with E-state index in [1.54, 1.807) is 0 Å². The minimum atomic E-state index is -0.404. The van der Waals surface area contributed by atoms with E-state index >= 15 is 0 Å². The van der Waals surface area contributed by atoms with E-state index < -0.39 is 6.10 Å². The van der Waals surface area contributed by atoms with Crippen molar-refractivity contribution >= 4 is 5.97 Å². The number of unbranched alkanes of at least 4 members (excludes halogenated alkanes) is 6. The Bertz CT molecular complexity index is 292. The molecule has 2 N–H and O–H groups in total. The summed E-state index contributed by atoms with van der Waals surface area (Å²) < 4.78 is 11.0. The molecule has 0 spiro atoms. The third-order valence-electron chi connectivity index (χ3n) is 3.71. The van der Waals surface area contributed by atoms with Crippen LogP contribution in [0, 0.1) is 0 Å². The van der Waals surface area contributed by atoms with E-state index in [2.05, 4.69) is 19.1 Å².